The van der Waals surface area contributed by atoms with Crippen molar-refractivity contribution in [1.29, 1.82) is 0 Å². The minimum Gasteiger partial charge on any atom is -0.449 e. The van der Waals surface area contributed by atoms with Crippen molar-refractivity contribution in [1.82, 2.24) is 4.90 Å². The zero-order valence-electron chi connectivity index (χ0n) is 16.5. The van der Waals surface area contributed by atoms with E-state index in [-0.39, 0.29) is 11.8 Å². The van der Waals surface area contributed by atoms with Gasteiger partial charge in [0, 0.05) is 31.7 Å². The maximum atomic E-state index is 12.8. The highest BCUT2D eigenvalue weighted by atomic mass is 16.5. The van der Waals surface area contributed by atoms with Crippen molar-refractivity contribution in [3.63, 3.8) is 0 Å². The predicted molar refractivity (Wildman–Crippen MR) is 108 cm³/mol. The summed E-state index contributed by atoms with van der Waals surface area (Å²) in [6.45, 7) is 3.41. The lowest BCUT2D eigenvalue weighted by atomic mass is 9.99. The van der Waals surface area contributed by atoms with E-state index in [1.807, 2.05) is 18.2 Å². The number of amides is 2. The number of anilines is 1. The molecule has 0 aromatic heterocycles. The van der Waals surface area contributed by atoms with Crippen LogP contribution in [0.1, 0.15) is 41.3 Å². The second-order valence-electron chi connectivity index (χ2n) is 7.53. The third kappa shape index (κ3) is 4.01. The van der Waals surface area contributed by atoms with E-state index in [0.717, 1.165) is 18.4 Å². The van der Waals surface area contributed by atoms with E-state index in [2.05, 4.69) is 6.07 Å². The number of rotatable bonds is 4. The first-order valence-corrected chi connectivity index (χ1v) is 10.00. The third-order valence-corrected chi connectivity index (χ3v) is 5.54. The molecular weight excluding hydrogens is 368 g/mol. The van der Waals surface area contributed by atoms with Gasteiger partial charge in [0.15, 0.2) is 6.10 Å². The molecule has 0 spiro atoms. The molecule has 2 amide bonds. The van der Waals surface area contributed by atoms with E-state index in [1.54, 1.807) is 41.0 Å². The fourth-order valence-corrected chi connectivity index (χ4v) is 3.94. The van der Waals surface area contributed by atoms with Gasteiger partial charge in [0.2, 0.25) is 5.91 Å². The van der Waals surface area contributed by atoms with Crippen molar-refractivity contribution in [3.8, 4) is 0 Å². The largest absolute Gasteiger partial charge is 0.449 e. The van der Waals surface area contributed by atoms with Gasteiger partial charge in [0.05, 0.1) is 5.56 Å². The molecule has 1 fully saturated rings. The van der Waals surface area contributed by atoms with E-state index in [4.69, 9.17) is 4.74 Å². The summed E-state index contributed by atoms with van der Waals surface area (Å²) in [6.07, 6.45) is 1.27. The van der Waals surface area contributed by atoms with Crippen LogP contribution in [0, 0.1) is 0 Å². The Morgan fingerprint density at radius 2 is 1.79 bits per heavy atom. The van der Waals surface area contributed by atoms with Crippen LogP contribution in [0.3, 0.4) is 0 Å². The first-order valence-electron chi connectivity index (χ1n) is 10.00. The van der Waals surface area contributed by atoms with Crippen LogP contribution < -0.4 is 4.90 Å². The van der Waals surface area contributed by atoms with Crippen molar-refractivity contribution >= 4 is 23.5 Å². The SMILES string of the molecule is C[C@@H](OC(=O)c1cccc(N2CCCC2=O)c1)C(=O)N1CCc2ccccc2C1. The predicted octanol–water partition coefficient (Wildman–Crippen LogP) is 2.94. The van der Waals surface area contributed by atoms with Gasteiger partial charge in [-0.3, -0.25) is 9.59 Å². The van der Waals surface area contributed by atoms with Crippen LogP contribution in [0.15, 0.2) is 48.5 Å². The van der Waals surface area contributed by atoms with Gasteiger partial charge < -0.3 is 14.5 Å². The van der Waals surface area contributed by atoms with Crippen LogP contribution in [0.25, 0.3) is 0 Å². The van der Waals surface area contributed by atoms with Crippen molar-refractivity contribution < 1.29 is 19.1 Å². The van der Waals surface area contributed by atoms with Crippen molar-refractivity contribution in [2.24, 2.45) is 0 Å². The highest BCUT2D eigenvalue weighted by molar-refractivity contribution is 5.98. The lowest BCUT2D eigenvalue weighted by Crippen LogP contribution is -2.42. The van der Waals surface area contributed by atoms with Crippen LogP contribution in [0.2, 0.25) is 0 Å². The summed E-state index contributed by atoms with van der Waals surface area (Å²) < 4.78 is 5.45. The fraction of sp³-hybridized carbons (Fsp3) is 0.348. The second kappa shape index (κ2) is 8.07. The van der Waals surface area contributed by atoms with Crippen LogP contribution >= 0.6 is 0 Å². The van der Waals surface area contributed by atoms with Gasteiger partial charge in [-0.05, 0) is 49.1 Å². The molecule has 0 N–H and O–H groups in total. The highest BCUT2D eigenvalue weighted by Crippen LogP contribution is 2.23. The van der Waals surface area contributed by atoms with Crippen LogP contribution in [0.5, 0.6) is 0 Å². The van der Waals surface area contributed by atoms with Gasteiger partial charge in [0.25, 0.3) is 5.91 Å². The molecule has 2 heterocycles. The summed E-state index contributed by atoms with van der Waals surface area (Å²) >= 11 is 0. The average Bonchev–Trinajstić information content (AvgIpc) is 3.18. The van der Waals surface area contributed by atoms with E-state index in [9.17, 15) is 14.4 Å². The topological polar surface area (TPSA) is 66.9 Å². The smallest absolute Gasteiger partial charge is 0.338 e. The highest BCUT2D eigenvalue weighted by Gasteiger charge is 2.28. The number of carbonyl (C=O) groups is 3. The lowest BCUT2D eigenvalue weighted by Gasteiger charge is -2.30. The molecule has 0 aliphatic carbocycles. The molecule has 2 aliphatic heterocycles. The Kier molecular flexibility index (Phi) is 5.34. The summed E-state index contributed by atoms with van der Waals surface area (Å²) in [4.78, 5) is 40.7. The summed E-state index contributed by atoms with van der Waals surface area (Å²) in [7, 11) is 0. The summed E-state index contributed by atoms with van der Waals surface area (Å²) in [5.74, 6) is -0.695. The van der Waals surface area contributed by atoms with Gasteiger partial charge in [-0.15, -0.1) is 0 Å². The number of fused-ring (bicyclic) bond motifs is 1. The average molecular weight is 392 g/mol. The Labute approximate surface area is 170 Å². The number of esters is 1. The van der Waals surface area contributed by atoms with E-state index in [1.165, 1.54) is 5.56 Å². The van der Waals surface area contributed by atoms with Crippen LogP contribution in [-0.4, -0.2) is 41.9 Å². The Morgan fingerprint density at radius 1 is 1.00 bits per heavy atom. The summed E-state index contributed by atoms with van der Waals surface area (Å²) in [5.41, 5.74) is 3.42. The molecule has 2 aliphatic rings. The maximum absolute atomic E-state index is 12.8. The van der Waals surface area contributed by atoms with E-state index in [0.29, 0.717) is 37.3 Å². The molecule has 0 saturated carbocycles. The quantitative estimate of drug-likeness (QED) is 0.751. The molecule has 2 aromatic carbocycles. The first-order chi connectivity index (χ1) is 14.0. The molecule has 4 rings (SSSR count). The van der Waals surface area contributed by atoms with Crippen LogP contribution in [-0.2, 0) is 27.3 Å². The summed E-state index contributed by atoms with van der Waals surface area (Å²) in [6, 6.07) is 14.9. The molecule has 0 bridgehead atoms. The minimum atomic E-state index is -0.871. The number of benzene rings is 2. The number of hydrogen-bond acceptors (Lipinski definition) is 4. The molecule has 2 aromatic rings. The Balaban J connectivity index is 1.41. The molecule has 6 nitrogen and oxygen atoms in total. The van der Waals surface area contributed by atoms with Gasteiger partial charge in [-0.25, -0.2) is 4.79 Å². The summed E-state index contributed by atoms with van der Waals surface area (Å²) in [5, 5.41) is 0. The lowest BCUT2D eigenvalue weighted by molar-refractivity contribution is -0.140. The van der Waals surface area contributed by atoms with Crippen molar-refractivity contribution in [2.75, 3.05) is 18.0 Å². The van der Waals surface area contributed by atoms with E-state index < -0.39 is 12.1 Å². The van der Waals surface area contributed by atoms with Crippen molar-refractivity contribution in [3.05, 3.63) is 65.2 Å². The Bertz CT molecular complexity index is 955. The third-order valence-electron chi connectivity index (χ3n) is 5.54. The molecule has 0 unspecified atom stereocenters. The molecule has 150 valence electrons. The Hall–Kier alpha value is -3.15. The fourth-order valence-electron chi connectivity index (χ4n) is 3.94. The molecular formula is C23H24N2O4. The molecule has 0 radical (unpaired) electrons. The Morgan fingerprint density at radius 3 is 2.55 bits per heavy atom. The number of carbonyl (C=O) groups excluding carboxylic acids is 3. The standard InChI is InChI=1S/C23H24N2O4/c1-16(22(27)24-13-11-17-6-2-3-7-19(17)15-24)29-23(28)18-8-4-9-20(14-18)25-12-5-10-21(25)26/h2-4,6-9,14,16H,5,10-13,15H2,1H3/t16-/m1/s1. The normalized spacial score (nSPS) is 17.1. The van der Waals surface area contributed by atoms with Crippen molar-refractivity contribution in [2.45, 2.75) is 38.8 Å². The zero-order chi connectivity index (χ0) is 20.4. The molecule has 1 atom stereocenters. The molecule has 1 saturated heterocycles. The van der Waals surface area contributed by atoms with Crippen LogP contribution in [0.4, 0.5) is 5.69 Å². The molecule has 29 heavy (non-hydrogen) atoms. The van der Waals surface area contributed by atoms with Gasteiger partial charge >= 0.3 is 5.97 Å². The van der Waals surface area contributed by atoms with Gasteiger partial charge in [-0.1, -0.05) is 30.3 Å². The van der Waals surface area contributed by atoms with E-state index >= 15 is 0 Å². The molecule has 6 heteroatoms. The zero-order valence-corrected chi connectivity index (χ0v) is 16.5. The minimum absolute atomic E-state index is 0.0597. The first kappa shape index (κ1) is 19.2. The number of ether oxygens (including phenoxy) is 1. The second-order valence-corrected chi connectivity index (χ2v) is 7.53. The maximum Gasteiger partial charge on any atom is 0.338 e. The van der Waals surface area contributed by atoms with Gasteiger partial charge in [0.1, 0.15) is 0 Å². The van der Waals surface area contributed by atoms with Gasteiger partial charge in [-0.2, -0.15) is 0 Å². The number of nitrogens with zero attached hydrogens (tertiary/aromatic N) is 2. The monoisotopic (exact) mass is 392 g/mol. The number of hydrogen-bond donors (Lipinski definition) is 0.